The fraction of sp³-hybridized carbons (Fsp3) is 0.417. The molecule has 0 aliphatic heterocycles. The van der Waals surface area contributed by atoms with Gasteiger partial charge in [-0.25, -0.2) is 4.98 Å². The van der Waals surface area contributed by atoms with Gasteiger partial charge >= 0.3 is 0 Å². The first-order chi connectivity index (χ1) is 7.61. The van der Waals surface area contributed by atoms with E-state index in [9.17, 15) is 0 Å². The van der Waals surface area contributed by atoms with E-state index in [1.54, 1.807) is 0 Å². The molecule has 0 amide bonds. The highest BCUT2D eigenvalue weighted by Gasteiger charge is 2.11. The number of rotatable bonds is 3. The van der Waals surface area contributed by atoms with E-state index >= 15 is 0 Å². The number of nitrogens with two attached hydrogens (primary N) is 1. The van der Waals surface area contributed by atoms with Gasteiger partial charge in [-0.2, -0.15) is 0 Å². The Morgan fingerprint density at radius 2 is 2.19 bits per heavy atom. The Morgan fingerprint density at radius 1 is 1.44 bits per heavy atom. The molecule has 0 unspecified atom stereocenters. The number of fused-ring (bicyclic) bond motifs is 1. The van der Waals surface area contributed by atoms with Crippen LogP contribution in [0.2, 0.25) is 5.02 Å². The first kappa shape index (κ1) is 11.4. The molecule has 0 atom stereocenters. The predicted octanol–water partition coefficient (Wildman–Crippen LogP) is 3.11. The molecule has 0 aliphatic rings. The van der Waals surface area contributed by atoms with Gasteiger partial charge in [-0.15, -0.1) is 0 Å². The van der Waals surface area contributed by atoms with Crippen molar-refractivity contribution < 1.29 is 4.42 Å². The van der Waals surface area contributed by atoms with Gasteiger partial charge in [0.05, 0.1) is 0 Å². The number of oxazole rings is 1. The Bertz CT molecular complexity index is 505. The summed E-state index contributed by atoms with van der Waals surface area (Å²) < 4.78 is 5.66. The van der Waals surface area contributed by atoms with Crippen LogP contribution in [0.5, 0.6) is 0 Å². The number of nitrogens with zero attached hydrogens (tertiary/aromatic N) is 1. The van der Waals surface area contributed by atoms with Crippen molar-refractivity contribution in [3.05, 3.63) is 28.6 Å². The van der Waals surface area contributed by atoms with Crippen molar-refractivity contribution in [3.8, 4) is 0 Å². The Balaban J connectivity index is 2.52. The minimum Gasteiger partial charge on any atom is -0.440 e. The highest BCUT2D eigenvalue weighted by molar-refractivity contribution is 6.32. The summed E-state index contributed by atoms with van der Waals surface area (Å²) >= 11 is 6.13. The molecule has 0 saturated heterocycles. The van der Waals surface area contributed by atoms with E-state index in [2.05, 4.69) is 4.98 Å². The second kappa shape index (κ2) is 4.44. The van der Waals surface area contributed by atoms with Crippen molar-refractivity contribution in [2.75, 3.05) is 6.54 Å². The van der Waals surface area contributed by atoms with E-state index in [-0.39, 0.29) is 5.92 Å². The number of aromatic nitrogens is 1. The molecule has 0 fully saturated rings. The zero-order chi connectivity index (χ0) is 11.7. The van der Waals surface area contributed by atoms with Crippen LogP contribution in [0.1, 0.15) is 31.2 Å². The topological polar surface area (TPSA) is 52.0 Å². The van der Waals surface area contributed by atoms with Crippen LogP contribution in [0.3, 0.4) is 0 Å². The first-order valence-corrected chi connectivity index (χ1v) is 5.78. The van der Waals surface area contributed by atoms with E-state index in [0.717, 1.165) is 29.0 Å². The molecular weight excluding hydrogens is 224 g/mol. The number of benzene rings is 1. The van der Waals surface area contributed by atoms with Crippen molar-refractivity contribution >= 4 is 22.7 Å². The average Bonchev–Trinajstić information content (AvgIpc) is 2.61. The van der Waals surface area contributed by atoms with Crippen LogP contribution in [0, 0.1) is 0 Å². The minimum atomic E-state index is 0.282. The van der Waals surface area contributed by atoms with Crippen LogP contribution in [-0.4, -0.2) is 11.5 Å². The van der Waals surface area contributed by atoms with Gasteiger partial charge in [0.1, 0.15) is 5.52 Å². The lowest BCUT2D eigenvalue weighted by molar-refractivity contribution is 0.501. The summed E-state index contributed by atoms with van der Waals surface area (Å²) in [5.41, 5.74) is 8.14. The predicted molar refractivity (Wildman–Crippen MR) is 65.9 cm³/mol. The van der Waals surface area contributed by atoms with Gasteiger partial charge < -0.3 is 10.2 Å². The molecule has 2 N–H and O–H groups in total. The van der Waals surface area contributed by atoms with Gasteiger partial charge in [-0.1, -0.05) is 25.4 Å². The average molecular weight is 239 g/mol. The van der Waals surface area contributed by atoms with Gasteiger partial charge in [-0.05, 0) is 30.7 Å². The van der Waals surface area contributed by atoms with Crippen molar-refractivity contribution in [3.63, 3.8) is 0 Å². The molecule has 4 heteroatoms. The summed E-state index contributed by atoms with van der Waals surface area (Å²) in [4.78, 5) is 4.39. The third-order valence-electron chi connectivity index (χ3n) is 2.48. The summed E-state index contributed by atoms with van der Waals surface area (Å²) in [5, 5.41) is 0.710. The third-order valence-corrected chi connectivity index (χ3v) is 2.83. The van der Waals surface area contributed by atoms with Gasteiger partial charge in [0.25, 0.3) is 0 Å². The zero-order valence-electron chi connectivity index (χ0n) is 9.46. The van der Waals surface area contributed by atoms with Crippen LogP contribution in [0.25, 0.3) is 11.1 Å². The fourth-order valence-electron chi connectivity index (χ4n) is 1.60. The largest absolute Gasteiger partial charge is 0.440 e. The van der Waals surface area contributed by atoms with Crippen LogP contribution >= 0.6 is 11.6 Å². The fourth-order valence-corrected chi connectivity index (χ4v) is 1.85. The van der Waals surface area contributed by atoms with Crippen molar-refractivity contribution in [2.45, 2.75) is 26.2 Å². The second-order valence-electron chi connectivity index (χ2n) is 4.16. The Labute approximate surface area is 99.6 Å². The summed E-state index contributed by atoms with van der Waals surface area (Å²) in [5.74, 6) is 1.03. The van der Waals surface area contributed by atoms with Crippen LogP contribution in [0.4, 0.5) is 0 Å². The number of hydrogen-bond acceptors (Lipinski definition) is 3. The standard InChI is InChI=1S/C12H15ClN2O/c1-7(2)12-15-10-6-9(13)8(3-4-14)5-11(10)16-12/h5-7H,3-4,14H2,1-2H3. The van der Waals surface area contributed by atoms with Crippen molar-refractivity contribution in [1.29, 1.82) is 0 Å². The van der Waals surface area contributed by atoms with E-state index in [0.29, 0.717) is 11.6 Å². The Hall–Kier alpha value is -1.06. The molecule has 1 aromatic heterocycles. The third kappa shape index (κ3) is 2.06. The molecule has 0 radical (unpaired) electrons. The van der Waals surface area contributed by atoms with E-state index < -0.39 is 0 Å². The van der Waals surface area contributed by atoms with Crippen molar-refractivity contribution in [1.82, 2.24) is 4.98 Å². The highest BCUT2D eigenvalue weighted by atomic mass is 35.5. The molecule has 2 aromatic rings. The zero-order valence-corrected chi connectivity index (χ0v) is 10.2. The van der Waals surface area contributed by atoms with Crippen LogP contribution in [-0.2, 0) is 6.42 Å². The van der Waals surface area contributed by atoms with Gasteiger partial charge in [0.15, 0.2) is 11.5 Å². The normalized spacial score (nSPS) is 11.6. The number of hydrogen-bond donors (Lipinski definition) is 1. The van der Waals surface area contributed by atoms with E-state index in [1.807, 2.05) is 26.0 Å². The van der Waals surface area contributed by atoms with Crippen LogP contribution < -0.4 is 5.73 Å². The molecule has 1 heterocycles. The summed E-state index contributed by atoms with van der Waals surface area (Å²) in [7, 11) is 0. The lowest BCUT2D eigenvalue weighted by Crippen LogP contribution is -2.02. The molecule has 0 saturated carbocycles. The maximum atomic E-state index is 6.13. The number of halogens is 1. The van der Waals surface area contributed by atoms with Gasteiger partial charge in [0.2, 0.25) is 0 Å². The lowest BCUT2D eigenvalue weighted by Gasteiger charge is -2.00. The molecule has 3 nitrogen and oxygen atoms in total. The summed E-state index contributed by atoms with van der Waals surface area (Å²) in [6.07, 6.45) is 0.756. The lowest BCUT2D eigenvalue weighted by atomic mass is 10.1. The molecular formula is C12H15ClN2O. The quantitative estimate of drug-likeness (QED) is 0.894. The van der Waals surface area contributed by atoms with Crippen LogP contribution in [0.15, 0.2) is 16.5 Å². The first-order valence-electron chi connectivity index (χ1n) is 5.40. The van der Waals surface area contributed by atoms with E-state index in [4.69, 9.17) is 21.8 Å². The molecule has 1 aromatic carbocycles. The molecule has 0 aliphatic carbocycles. The Kier molecular flexibility index (Phi) is 3.17. The molecule has 86 valence electrons. The highest BCUT2D eigenvalue weighted by Crippen LogP contribution is 2.27. The van der Waals surface area contributed by atoms with Crippen molar-refractivity contribution in [2.24, 2.45) is 5.73 Å². The molecule has 0 spiro atoms. The van der Waals surface area contributed by atoms with Gasteiger partial charge in [-0.3, -0.25) is 0 Å². The molecule has 0 bridgehead atoms. The second-order valence-corrected chi connectivity index (χ2v) is 4.56. The molecule has 2 rings (SSSR count). The van der Waals surface area contributed by atoms with E-state index in [1.165, 1.54) is 0 Å². The SMILES string of the molecule is CC(C)c1nc2cc(Cl)c(CCN)cc2o1. The summed E-state index contributed by atoms with van der Waals surface area (Å²) in [6, 6.07) is 3.78. The Morgan fingerprint density at radius 3 is 2.81 bits per heavy atom. The minimum absolute atomic E-state index is 0.282. The smallest absolute Gasteiger partial charge is 0.198 e. The molecule has 16 heavy (non-hydrogen) atoms. The van der Waals surface area contributed by atoms with Gasteiger partial charge in [0, 0.05) is 10.9 Å². The summed E-state index contributed by atoms with van der Waals surface area (Å²) in [6.45, 7) is 4.68. The maximum Gasteiger partial charge on any atom is 0.198 e. The maximum absolute atomic E-state index is 6.13. The monoisotopic (exact) mass is 238 g/mol.